The van der Waals surface area contributed by atoms with E-state index in [2.05, 4.69) is 11.9 Å². The highest BCUT2D eigenvalue weighted by Crippen LogP contribution is 2.23. The molecule has 0 heterocycles. The van der Waals surface area contributed by atoms with E-state index in [0.717, 1.165) is 36.8 Å². The Kier molecular flexibility index (Phi) is 10.6. The molecule has 1 aliphatic carbocycles. The molecule has 33 heavy (non-hydrogen) atoms. The van der Waals surface area contributed by atoms with Gasteiger partial charge in [-0.15, -0.1) is 0 Å². The summed E-state index contributed by atoms with van der Waals surface area (Å²) in [6, 6.07) is 0.233. The van der Waals surface area contributed by atoms with Crippen LogP contribution in [-0.4, -0.2) is 48.1 Å². The van der Waals surface area contributed by atoms with Gasteiger partial charge in [0.05, 0.1) is 0 Å². The van der Waals surface area contributed by atoms with Crippen LogP contribution in [0.2, 0.25) is 0 Å². The second kappa shape index (κ2) is 12.4. The molecule has 0 unspecified atom stereocenters. The molecule has 0 aromatic heterocycles. The molecule has 1 fully saturated rings. The van der Waals surface area contributed by atoms with Crippen LogP contribution in [0.25, 0.3) is 0 Å². The predicted octanol–water partition coefficient (Wildman–Crippen LogP) is 6.28. The molecule has 1 rings (SSSR count). The van der Waals surface area contributed by atoms with Crippen molar-refractivity contribution in [2.75, 3.05) is 13.7 Å². The number of hydrogen-bond acceptors (Lipinski definition) is 5. The lowest BCUT2D eigenvalue weighted by Gasteiger charge is -2.24. The second-order valence-corrected chi connectivity index (χ2v) is 9.67. The van der Waals surface area contributed by atoms with Gasteiger partial charge in [0.1, 0.15) is 12.2 Å². The van der Waals surface area contributed by atoms with Gasteiger partial charge in [-0.2, -0.15) is 0 Å². The minimum Gasteiger partial charge on any atom is -0.444 e. The maximum absolute atomic E-state index is 12.5. The highest BCUT2D eigenvalue weighted by Gasteiger charge is 2.25. The fourth-order valence-electron chi connectivity index (χ4n) is 3.45. The van der Waals surface area contributed by atoms with E-state index in [4.69, 9.17) is 14.9 Å². The number of nitrogens with one attached hydrogen (secondary N) is 2. The standard InChI is InChI=1S/C26H41N3O4/c1-17(2)23(28-24(30)33-26(6,7)8)15-14-18(3)19(4)22(20(5)27)16-32-25(31)29(9)21-12-10-11-13-21/h14-15,21,27H,1,10-13,16H2,2-9H3,(H,28,30)/b18-14+,22-19+,23-15+,27-20?. The van der Waals surface area contributed by atoms with E-state index >= 15 is 0 Å². The Hall–Kier alpha value is -2.83. The summed E-state index contributed by atoms with van der Waals surface area (Å²) >= 11 is 0. The molecule has 0 atom stereocenters. The van der Waals surface area contributed by atoms with E-state index < -0.39 is 11.7 Å². The topological polar surface area (TPSA) is 91.7 Å². The lowest BCUT2D eigenvalue weighted by atomic mass is 9.99. The molecule has 1 saturated carbocycles. The zero-order valence-corrected chi connectivity index (χ0v) is 21.6. The van der Waals surface area contributed by atoms with E-state index in [-0.39, 0.29) is 18.7 Å². The molecule has 0 aromatic carbocycles. The second-order valence-electron chi connectivity index (χ2n) is 9.67. The molecular weight excluding hydrogens is 418 g/mol. The predicted molar refractivity (Wildman–Crippen MR) is 133 cm³/mol. The lowest BCUT2D eigenvalue weighted by Crippen LogP contribution is -2.36. The van der Waals surface area contributed by atoms with Crippen LogP contribution in [-0.2, 0) is 9.47 Å². The van der Waals surface area contributed by atoms with Gasteiger partial charge >= 0.3 is 12.2 Å². The van der Waals surface area contributed by atoms with Gasteiger partial charge in [-0.3, -0.25) is 5.32 Å². The molecular formula is C26H41N3O4. The van der Waals surface area contributed by atoms with Crippen LogP contribution < -0.4 is 5.32 Å². The molecule has 0 aromatic rings. The van der Waals surface area contributed by atoms with Crippen molar-refractivity contribution < 1.29 is 19.1 Å². The van der Waals surface area contributed by atoms with Crippen LogP contribution in [0.1, 0.15) is 74.1 Å². The van der Waals surface area contributed by atoms with Crippen molar-refractivity contribution in [2.45, 2.75) is 85.8 Å². The van der Waals surface area contributed by atoms with Gasteiger partial charge in [0.15, 0.2) is 0 Å². The Morgan fingerprint density at radius 1 is 1.12 bits per heavy atom. The number of allylic oxidation sites excluding steroid dienone is 5. The van der Waals surface area contributed by atoms with Gasteiger partial charge in [-0.05, 0) is 84.1 Å². The summed E-state index contributed by atoms with van der Waals surface area (Å²) in [6.45, 7) is 16.6. The summed E-state index contributed by atoms with van der Waals surface area (Å²) in [6.07, 6.45) is 6.97. The first kappa shape index (κ1) is 28.2. The molecule has 0 aliphatic heterocycles. The smallest absolute Gasteiger partial charge is 0.412 e. The number of hydrogen-bond donors (Lipinski definition) is 2. The molecule has 2 N–H and O–H groups in total. The van der Waals surface area contributed by atoms with Gasteiger partial charge in [0.25, 0.3) is 0 Å². The number of carbonyl (C=O) groups is 2. The van der Waals surface area contributed by atoms with Crippen molar-refractivity contribution >= 4 is 17.9 Å². The Morgan fingerprint density at radius 3 is 2.18 bits per heavy atom. The fourth-order valence-corrected chi connectivity index (χ4v) is 3.45. The number of carbonyl (C=O) groups excluding carboxylic acids is 2. The van der Waals surface area contributed by atoms with Gasteiger partial charge in [-0.25, -0.2) is 9.59 Å². The summed E-state index contributed by atoms with van der Waals surface area (Å²) < 4.78 is 10.8. The van der Waals surface area contributed by atoms with E-state index in [1.807, 2.05) is 19.9 Å². The summed E-state index contributed by atoms with van der Waals surface area (Å²) in [5, 5.41) is 10.9. The number of nitrogens with zero attached hydrogens (tertiary/aromatic N) is 1. The summed E-state index contributed by atoms with van der Waals surface area (Å²) in [5.74, 6) is 0. The monoisotopic (exact) mass is 459 g/mol. The van der Waals surface area contributed by atoms with Crippen molar-refractivity contribution in [3.05, 3.63) is 46.7 Å². The molecule has 0 saturated heterocycles. The molecule has 1 aliphatic rings. The maximum atomic E-state index is 12.5. The van der Waals surface area contributed by atoms with Crippen molar-refractivity contribution in [1.29, 1.82) is 5.41 Å². The van der Waals surface area contributed by atoms with E-state index in [1.165, 1.54) is 0 Å². The summed E-state index contributed by atoms with van der Waals surface area (Å²) in [5.41, 5.74) is 3.33. The van der Waals surface area contributed by atoms with E-state index in [9.17, 15) is 9.59 Å². The van der Waals surface area contributed by atoms with Crippen molar-refractivity contribution in [3.8, 4) is 0 Å². The highest BCUT2D eigenvalue weighted by atomic mass is 16.6. The molecule has 7 nitrogen and oxygen atoms in total. The van der Waals surface area contributed by atoms with Gasteiger partial charge in [-0.1, -0.05) is 25.5 Å². The Bertz CT molecular complexity index is 853. The van der Waals surface area contributed by atoms with Crippen molar-refractivity contribution in [1.82, 2.24) is 10.2 Å². The largest absolute Gasteiger partial charge is 0.444 e. The molecule has 184 valence electrons. The molecule has 0 spiro atoms. The van der Waals surface area contributed by atoms with Gasteiger partial charge in [0.2, 0.25) is 0 Å². The maximum Gasteiger partial charge on any atom is 0.412 e. The lowest BCUT2D eigenvalue weighted by molar-refractivity contribution is 0.0547. The molecule has 0 radical (unpaired) electrons. The Balaban J connectivity index is 2.98. The first-order valence-corrected chi connectivity index (χ1v) is 11.4. The van der Waals surface area contributed by atoms with Crippen LogP contribution in [0.5, 0.6) is 0 Å². The van der Waals surface area contributed by atoms with Crippen molar-refractivity contribution in [3.63, 3.8) is 0 Å². The average molecular weight is 460 g/mol. The van der Waals surface area contributed by atoms with E-state index in [0.29, 0.717) is 22.6 Å². The third kappa shape index (κ3) is 9.68. The molecule has 7 heteroatoms. The average Bonchev–Trinajstić information content (AvgIpc) is 3.22. The van der Waals surface area contributed by atoms with Crippen LogP contribution >= 0.6 is 0 Å². The van der Waals surface area contributed by atoms with E-state index in [1.54, 1.807) is 52.6 Å². The highest BCUT2D eigenvalue weighted by molar-refractivity contribution is 5.97. The Labute approximate surface area is 199 Å². The number of ether oxygens (including phenoxy) is 2. The van der Waals surface area contributed by atoms with Crippen LogP contribution in [0, 0.1) is 5.41 Å². The van der Waals surface area contributed by atoms with Crippen LogP contribution in [0.3, 0.4) is 0 Å². The van der Waals surface area contributed by atoms with Gasteiger partial charge < -0.3 is 19.8 Å². The minimum atomic E-state index is -0.602. The van der Waals surface area contributed by atoms with Gasteiger partial charge in [0, 0.05) is 30.1 Å². The number of alkyl carbamates (subject to hydrolysis) is 1. The SMILES string of the molecule is C=C(C)\C(=C/C=C(C)/C(C)=C(\COC(=O)N(C)C1CCCC1)C(C)=N)NC(=O)OC(C)(C)C. The third-order valence-corrected chi connectivity index (χ3v) is 5.59. The quantitative estimate of drug-likeness (QED) is 0.330. The zero-order valence-electron chi connectivity index (χ0n) is 21.6. The summed E-state index contributed by atoms with van der Waals surface area (Å²) in [7, 11) is 1.78. The molecule has 0 bridgehead atoms. The van der Waals surface area contributed by atoms with Crippen LogP contribution in [0.4, 0.5) is 9.59 Å². The Morgan fingerprint density at radius 2 is 1.70 bits per heavy atom. The molecule has 2 amide bonds. The third-order valence-electron chi connectivity index (χ3n) is 5.59. The first-order valence-electron chi connectivity index (χ1n) is 11.4. The first-order chi connectivity index (χ1) is 15.2. The zero-order chi connectivity index (χ0) is 25.3. The minimum absolute atomic E-state index is 0.0372. The fraction of sp³-hybridized carbons (Fsp3) is 0.577. The number of rotatable bonds is 8. The number of amides is 2. The normalized spacial score (nSPS) is 16.1. The van der Waals surface area contributed by atoms with Crippen LogP contribution in [0.15, 0.2) is 46.7 Å². The summed E-state index contributed by atoms with van der Waals surface area (Å²) in [4.78, 5) is 26.3. The van der Waals surface area contributed by atoms with Crippen molar-refractivity contribution in [2.24, 2.45) is 0 Å².